The Morgan fingerprint density at radius 2 is 1.90 bits per heavy atom. The first-order valence-corrected chi connectivity index (χ1v) is 8.24. The molecule has 1 aromatic rings. The summed E-state index contributed by atoms with van der Waals surface area (Å²) in [5, 5.41) is 10.1. The quantitative estimate of drug-likeness (QED) is 0.679. The molecule has 1 aromatic carbocycles. The van der Waals surface area contributed by atoms with Gasteiger partial charge in [-0.2, -0.15) is 0 Å². The zero-order chi connectivity index (χ0) is 14.2. The molecule has 2 nitrogen and oxygen atoms in total. The van der Waals surface area contributed by atoms with Gasteiger partial charge in [-0.05, 0) is 25.3 Å². The number of rotatable bonds is 7. The van der Waals surface area contributed by atoms with Crippen LogP contribution >= 0.6 is 0 Å². The van der Waals surface area contributed by atoms with E-state index < -0.39 is 0 Å². The van der Waals surface area contributed by atoms with Crippen LogP contribution in [0.2, 0.25) is 0 Å². The van der Waals surface area contributed by atoms with Crippen LogP contribution in [0.3, 0.4) is 0 Å². The number of hydrogen-bond acceptors (Lipinski definition) is 2. The maximum atomic E-state index is 10.1. The lowest BCUT2D eigenvalue weighted by atomic mass is 9.96. The molecule has 0 aromatic heterocycles. The second kappa shape index (κ2) is 8.31. The summed E-state index contributed by atoms with van der Waals surface area (Å²) in [7, 11) is 0. The molecule has 20 heavy (non-hydrogen) atoms. The largest absolute Gasteiger partial charge is 0.508 e. The summed E-state index contributed by atoms with van der Waals surface area (Å²) in [5.41, 5.74) is 0.967. The van der Waals surface area contributed by atoms with Gasteiger partial charge in [0.25, 0.3) is 0 Å². The van der Waals surface area contributed by atoms with Gasteiger partial charge in [-0.15, -0.1) is 0 Å². The first-order valence-electron chi connectivity index (χ1n) is 8.24. The Morgan fingerprint density at radius 3 is 2.60 bits per heavy atom. The molecule has 0 saturated heterocycles. The van der Waals surface area contributed by atoms with Crippen molar-refractivity contribution in [3.63, 3.8) is 0 Å². The van der Waals surface area contributed by atoms with Gasteiger partial charge in [-0.1, -0.05) is 63.6 Å². The molecule has 0 radical (unpaired) electrons. The van der Waals surface area contributed by atoms with Gasteiger partial charge in [0, 0.05) is 5.56 Å². The molecule has 1 N–H and O–H groups in total. The smallest absolute Gasteiger partial charge is 0.121 e. The van der Waals surface area contributed by atoms with E-state index in [1.807, 2.05) is 18.2 Å². The molecule has 0 aliphatic heterocycles. The van der Waals surface area contributed by atoms with Gasteiger partial charge in [0.05, 0.1) is 12.2 Å². The molecule has 2 rings (SSSR count). The monoisotopic (exact) mass is 276 g/mol. The van der Waals surface area contributed by atoms with Crippen LogP contribution in [0.5, 0.6) is 5.75 Å². The maximum Gasteiger partial charge on any atom is 0.121 e. The molecule has 1 atom stereocenters. The molecule has 1 fully saturated rings. The van der Waals surface area contributed by atoms with Gasteiger partial charge < -0.3 is 9.84 Å². The average Bonchev–Trinajstić information content (AvgIpc) is 2.48. The molecule has 1 saturated carbocycles. The second-order valence-electron chi connectivity index (χ2n) is 5.94. The van der Waals surface area contributed by atoms with Crippen molar-refractivity contribution in [2.24, 2.45) is 0 Å². The predicted molar refractivity (Wildman–Crippen MR) is 82.9 cm³/mol. The predicted octanol–water partition coefficient (Wildman–Crippen LogP) is 5.36. The maximum absolute atomic E-state index is 10.1. The number of phenolic OH excluding ortho intramolecular Hbond substituents is 1. The molecule has 1 aliphatic carbocycles. The fourth-order valence-electron chi connectivity index (χ4n) is 3.07. The summed E-state index contributed by atoms with van der Waals surface area (Å²) in [4.78, 5) is 0. The molecule has 0 spiro atoms. The van der Waals surface area contributed by atoms with Crippen LogP contribution in [0.4, 0.5) is 0 Å². The van der Waals surface area contributed by atoms with E-state index in [0.29, 0.717) is 11.9 Å². The summed E-state index contributed by atoms with van der Waals surface area (Å²) in [5.74, 6) is 0.379. The van der Waals surface area contributed by atoms with Crippen molar-refractivity contribution in [1.82, 2.24) is 0 Å². The fraction of sp³-hybridized carbons (Fsp3) is 0.667. The van der Waals surface area contributed by atoms with Crippen LogP contribution < -0.4 is 0 Å². The Bertz CT molecular complexity index is 383. The third-order valence-electron chi connectivity index (χ3n) is 4.26. The highest BCUT2D eigenvalue weighted by atomic mass is 16.5. The van der Waals surface area contributed by atoms with Crippen molar-refractivity contribution in [2.45, 2.75) is 76.9 Å². The Hall–Kier alpha value is -1.02. The number of unbranched alkanes of at least 4 members (excludes halogenated alkanes) is 2. The van der Waals surface area contributed by atoms with Crippen LogP contribution in [-0.2, 0) is 4.74 Å². The molecule has 1 unspecified atom stereocenters. The normalized spacial score (nSPS) is 18.1. The SMILES string of the molecule is CCCCCC(OC1CCCCC1)c1ccccc1O. The number of hydrogen-bond donors (Lipinski definition) is 1. The molecule has 0 amide bonds. The lowest BCUT2D eigenvalue weighted by molar-refractivity contribution is -0.0370. The topological polar surface area (TPSA) is 29.5 Å². The van der Waals surface area contributed by atoms with Crippen molar-refractivity contribution < 1.29 is 9.84 Å². The third-order valence-corrected chi connectivity index (χ3v) is 4.26. The minimum Gasteiger partial charge on any atom is -0.508 e. The molecule has 0 bridgehead atoms. The first-order chi connectivity index (χ1) is 9.81. The van der Waals surface area contributed by atoms with E-state index in [0.717, 1.165) is 12.0 Å². The number of phenols is 1. The number of aromatic hydroxyl groups is 1. The summed E-state index contributed by atoms with van der Waals surface area (Å²) < 4.78 is 6.34. The van der Waals surface area contributed by atoms with Gasteiger partial charge in [0.1, 0.15) is 5.75 Å². The minimum absolute atomic E-state index is 0.0610. The van der Waals surface area contributed by atoms with Crippen molar-refractivity contribution >= 4 is 0 Å². The van der Waals surface area contributed by atoms with E-state index in [1.54, 1.807) is 6.07 Å². The van der Waals surface area contributed by atoms with Crippen molar-refractivity contribution in [3.8, 4) is 5.75 Å². The van der Waals surface area contributed by atoms with Crippen LogP contribution in [0, 0.1) is 0 Å². The van der Waals surface area contributed by atoms with Gasteiger partial charge in [0.15, 0.2) is 0 Å². The summed E-state index contributed by atoms with van der Waals surface area (Å²) in [6.07, 6.45) is 11.4. The van der Waals surface area contributed by atoms with Crippen LogP contribution in [-0.4, -0.2) is 11.2 Å². The minimum atomic E-state index is 0.0610. The molecular formula is C18H28O2. The average molecular weight is 276 g/mol. The zero-order valence-electron chi connectivity index (χ0n) is 12.7. The van der Waals surface area contributed by atoms with Gasteiger partial charge in [0.2, 0.25) is 0 Å². The lowest BCUT2D eigenvalue weighted by Gasteiger charge is -2.28. The first kappa shape index (κ1) is 15.4. The van der Waals surface area contributed by atoms with Crippen molar-refractivity contribution in [3.05, 3.63) is 29.8 Å². The van der Waals surface area contributed by atoms with E-state index in [2.05, 4.69) is 6.92 Å². The summed E-state index contributed by atoms with van der Waals surface area (Å²) in [6, 6.07) is 7.65. The van der Waals surface area contributed by atoms with Crippen LogP contribution in [0.1, 0.15) is 76.4 Å². The third kappa shape index (κ3) is 4.52. The Kier molecular flexibility index (Phi) is 6.38. The van der Waals surface area contributed by atoms with E-state index in [4.69, 9.17) is 4.74 Å². The van der Waals surface area contributed by atoms with E-state index in [-0.39, 0.29) is 6.10 Å². The van der Waals surface area contributed by atoms with Crippen molar-refractivity contribution in [1.29, 1.82) is 0 Å². The fourth-order valence-corrected chi connectivity index (χ4v) is 3.07. The van der Waals surface area contributed by atoms with Crippen LogP contribution in [0.25, 0.3) is 0 Å². The lowest BCUT2D eigenvalue weighted by Crippen LogP contribution is -2.20. The molecule has 0 heterocycles. The Labute approximate surface area is 123 Å². The standard InChI is InChI=1S/C18H28O2/c1-2-3-5-14-18(16-12-8-9-13-17(16)19)20-15-10-6-4-7-11-15/h8-9,12-13,15,18-19H,2-7,10-11,14H2,1H3. The zero-order valence-corrected chi connectivity index (χ0v) is 12.7. The highest BCUT2D eigenvalue weighted by Crippen LogP contribution is 2.34. The highest BCUT2D eigenvalue weighted by Gasteiger charge is 2.22. The highest BCUT2D eigenvalue weighted by molar-refractivity contribution is 5.33. The second-order valence-corrected chi connectivity index (χ2v) is 5.94. The van der Waals surface area contributed by atoms with Crippen molar-refractivity contribution in [2.75, 3.05) is 0 Å². The number of benzene rings is 1. The number of ether oxygens (including phenoxy) is 1. The van der Waals surface area contributed by atoms with Gasteiger partial charge >= 0.3 is 0 Å². The molecule has 2 heteroatoms. The van der Waals surface area contributed by atoms with E-state index in [1.165, 1.54) is 51.4 Å². The molecule has 1 aliphatic rings. The molecular weight excluding hydrogens is 248 g/mol. The Balaban J connectivity index is 2.01. The molecule has 112 valence electrons. The number of para-hydroxylation sites is 1. The van der Waals surface area contributed by atoms with Gasteiger partial charge in [-0.25, -0.2) is 0 Å². The van der Waals surface area contributed by atoms with E-state index >= 15 is 0 Å². The van der Waals surface area contributed by atoms with Crippen LogP contribution in [0.15, 0.2) is 24.3 Å². The van der Waals surface area contributed by atoms with Gasteiger partial charge in [-0.3, -0.25) is 0 Å². The summed E-state index contributed by atoms with van der Waals surface area (Å²) >= 11 is 0. The summed E-state index contributed by atoms with van der Waals surface area (Å²) in [6.45, 7) is 2.22. The Morgan fingerprint density at radius 1 is 1.15 bits per heavy atom. The van der Waals surface area contributed by atoms with E-state index in [9.17, 15) is 5.11 Å².